The molecule has 180 valence electrons. The molecule has 1 unspecified atom stereocenters. The van der Waals surface area contributed by atoms with Gasteiger partial charge in [0, 0.05) is 17.1 Å². The molecule has 1 heterocycles. The summed E-state index contributed by atoms with van der Waals surface area (Å²) >= 11 is 6.05. The summed E-state index contributed by atoms with van der Waals surface area (Å²) in [5, 5.41) is 1.13. The topological polar surface area (TPSA) is 55.2 Å². The van der Waals surface area contributed by atoms with Crippen LogP contribution in [0.25, 0.3) is 16.6 Å². The minimum Gasteiger partial charge on any atom is -0.329 e. The maximum absolute atomic E-state index is 13.8. The fourth-order valence-electron chi connectivity index (χ4n) is 4.24. The van der Waals surface area contributed by atoms with Crippen LogP contribution in [-0.2, 0) is 0 Å². The third kappa shape index (κ3) is 5.01. The quantitative estimate of drug-likeness (QED) is 0.293. The van der Waals surface area contributed by atoms with Gasteiger partial charge in [0.2, 0.25) is 0 Å². The molecule has 0 aliphatic heterocycles. The van der Waals surface area contributed by atoms with E-state index in [0.717, 1.165) is 29.7 Å². The third-order valence-corrected chi connectivity index (χ3v) is 6.75. The van der Waals surface area contributed by atoms with Crippen molar-refractivity contribution in [3.8, 4) is 5.69 Å². The van der Waals surface area contributed by atoms with E-state index in [1.807, 2.05) is 57.2 Å². The van der Waals surface area contributed by atoms with E-state index >= 15 is 0 Å². The van der Waals surface area contributed by atoms with Gasteiger partial charge in [-0.2, -0.15) is 0 Å². The normalized spacial score (nSPS) is 12.0. The minimum atomic E-state index is -0.441. The van der Waals surface area contributed by atoms with Crippen LogP contribution in [-0.4, -0.2) is 26.9 Å². The first-order valence-electron chi connectivity index (χ1n) is 12.0. The fraction of sp³-hybridized carbons (Fsp3) is 0.276. The van der Waals surface area contributed by atoms with Gasteiger partial charge in [-0.05, 0) is 86.8 Å². The van der Waals surface area contributed by atoms with Crippen molar-refractivity contribution in [3.05, 3.63) is 105 Å². The van der Waals surface area contributed by atoms with Crippen molar-refractivity contribution < 1.29 is 4.79 Å². The van der Waals surface area contributed by atoms with E-state index in [4.69, 9.17) is 16.6 Å². The Labute approximate surface area is 211 Å². The molecule has 4 rings (SSSR count). The average molecular weight is 488 g/mol. The van der Waals surface area contributed by atoms with Crippen molar-refractivity contribution in [2.45, 2.75) is 46.6 Å². The van der Waals surface area contributed by atoms with Gasteiger partial charge >= 0.3 is 0 Å². The summed E-state index contributed by atoms with van der Waals surface area (Å²) in [6, 6.07) is 19.8. The molecule has 0 aliphatic carbocycles. The number of hydrogen-bond acceptors (Lipinski definition) is 3. The number of benzene rings is 3. The number of carbonyl (C=O) groups excluding carboxylic acids is 1. The molecule has 0 saturated carbocycles. The number of fused-ring (bicyclic) bond motifs is 1. The molecule has 1 amide bonds. The van der Waals surface area contributed by atoms with E-state index in [1.165, 1.54) is 0 Å². The number of nitrogens with zero attached hydrogens (tertiary/aromatic N) is 3. The number of amides is 1. The lowest BCUT2D eigenvalue weighted by atomic mass is 10.1. The highest BCUT2D eigenvalue weighted by Crippen LogP contribution is 2.26. The first-order valence-corrected chi connectivity index (χ1v) is 12.4. The number of para-hydroxylation sites is 1. The summed E-state index contributed by atoms with van der Waals surface area (Å²) in [5.41, 5.74) is 4.00. The molecule has 1 atom stereocenters. The first-order chi connectivity index (χ1) is 16.8. The second kappa shape index (κ2) is 10.4. The van der Waals surface area contributed by atoms with E-state index in [9.17, 15) is 9.59 Å². The van der Waals surface area contributed by atoms with Crippen LogP contribution in [0.3, 0.4) is 0 Å². The molecule has 5 nitrogen and oxygen atoms in total. The highest BCUT2D eigenvalue weighted by atomic mass is 35.5. The van der Waals surface area contributed by atoms with Gasteiger partial charge < -0.3 is 4.90 Å². The number of aromatic nitrogens is 2. The Balaban J connectivity index is 1.91. The van der Waals surface area contributed by atoms with Gasteiger partial charge in [0.25, 0.3) is 11.5 Å². The highest BCUT2D eigenvalue weighted by Gasteiger charge is 2.27. The van der Waals surface area contributed by atoms with Crippen LogP contribution in [0.4, 0.5) is 0 Å². The van der Waals surface area contributed by atoms with Gasteiger partial charge in [0.15, 0.2) is 0 Å². The SMILES string of the molecule is CCCCN(C(=O)c1ccc(Cl)cc1)C(C)c1nc2ccccc2c(=O)n1-c1ccc(C)c(C)c1. The molecule has 0 spiro atoms. The van der Waals surface area contributed by atoms with Gasteiger partial charge in [0.05, 0.1) is 22.6 Å². The van der Waals surface area contributed by atoms with Gasteiger partial charge in [-0.3, -0.25) is 14.2 Å². The maximum atomic E-state index is 13.8. The molecule has 6 heteroatoms. The Hall–Kier alpha value is -3.44. The molecule has 0 N–H and O–H groups in total. The summed E-state index contributed by atoms with van der Waals surface area (Å²) in [6.45, 7) is 8.65. The van der Waals surface area contributed by atoms with E-state index in [1.54, 1.807) is 39.8 Å². The molecule has 35 heavy (non-hydrogen) atoms. The summed E-state index contributed by atoms with van der Waals surface area (Å²) in [7, 11) is 0. The predicted molar refractivity (Wildman–Crippen MR) is 143 cm³/mol. The zero-order valence-electron chi connectivity index (χ0n) is 20.6. The first kappa shape index (κ1) is 24.7. The van der Waals surface area contributed by atoms with Crippen molar-refractivity contribution in [3.63, 3.8) is 0 Å². The Morgan fingerprint density at radius 3 is 2.43 bits per heavy atom. The molecule has 3 aromatic carbocycles. The second-order valence-electron chi connectivity index (χ2n) is 8.93. The maximum Gasteiger partial charge on any atom is 0.266 e. The lowest BCUT2D eigenvalue weighted by molar-refractivity contribution is 0.0678. The summed E-state index contributed by atoms with van der Waals surface area (Å²) in [5.74, 6) is 0.423. The van der Waals surface area contributed by atoms with E-state index in [-0.39, 0.29) is 11.5 Å². The molecule has 0 fully saturated rings. The number of rotatable bonds is 7. The Morgan fingerprint density at radius 2 is 1.74 bits per heavy atom. The summed E-state index contributed by atoms with van der Waals surface area (Å²) in [4.78, 5) is 34.1. The van der Waals surface area contributed by atoms with Crippen LogP contribution < -0.4 is 5.56 Å². The number of halogens is 1. The lowest BCUT2D eigenvalue weighted by Gasteiger charge is -2.31. The highest BCUT2D eigenvalue weighted by molar-refractivity contribution is 6.30. The van der Waals surface area contributed by atoms with Crippen molar-refractivity contribution >= 4 is 28.4 Å². The molecular weight excluding hydrogens is 458 g/mol. The van der Waals surface area contributed by atoms with E-state index in [2.05, 4.69) is 6.92 Å². The van der Waals surface area contributed by atoms with E-state index < -0.39 is 6.04 Å². The van der Waals surface area contributed by atoms with Crippen LogP contribution in [0.2, 0.25) is 5.02 Å². The zero-order valence-corrected chi connectivity index (χ0v) is 21.3. The Bertz CT molecular complexity index is 1430. The molecule has 4 aromatic rings. The van der Waals surface area contributed by atoms with Crippen LogP contribution in [0.1, 0.15) is 60.0 Å². The third-order valence-electron chi connectivity index (χ3n) is 6.50. The molecule has 0 radical (unpaired) electrons. The minimum absolute atomic E-state index is 0.114. The standard InChI is InChI=1S/C29H30ClN3O2/c1-5-6-17-32(28(34)22-12-14-23(30)15-13-22)21(4)27-31-26-10-8-7-9-25(26)29(35)33(27)24-16-11-19(2)20(3)18-24/h7-16,18,21H,5-6,17H2,1-4H3. The second-order valence-corrected chi connectivity index (χ2v) is 9.37. The van der Waals surface area contributed by atoms with Crippen LogP contribution >= 0.6 is 11.6 Å². The van der Waals surface area contributed by atoms with E-state index in [0.29, 0.717) is 33.9 Å². The van der Waals surface area contributed by atoms with Crippen LogP contribution in [0.5, 0.6) is 0 Å². The van der Waals surface area contributed by atoms with Crippen molar-refractivity contribution in [2.75, 3.05) is 6.54 Å². The average Bonchev–Trinajstić information content (AvgIpc) is 2.86. The monoisotopic (exact) mass is 487 g/mol. The number of hydrogen-bond donors (Lipinski definition) is 0. The lowest BCUT2D eigenvalue weighted by Crippen LogP contribution is -2.38. The van der Waals surface area contributed by atoms with Crippen LogP contribution in [0.15, 0.2) is 71.5 Å². The zero-order chi connectivity index (χ0) is 25.1. The number of unbranched alkanes of at least 4 members (excludes halogenated alkanes) is 1. The van der Waals surface area contributed by atoms with Crippen molar-refractivity contribution in [1.29, 1.82) is 0 Å². The fourth-order valence-corrected chi connectivity index (χ4v) is 4.37. The molecule has 0 bridgehead atoms. The number of carbonyl (C=O) groups is 1. The van der Waals surface area contributed by atoms with Gasteiger partial charge in [-0.25, -0.2) is 4.98 Å². The van der Waals surface area contributed by atoms with Crippen LogP contribution in [0, 0.1) is 13.8 Å². The number of aryl methyl sites for hydroxylation is 2. The summed E-state index contributed by atoms with van der Waals surface area (Å²) < 4.78 is 1.66. The molecular formula is C29H30ClN3O2. The predicted octanol–water partition coefficient (Wildman–Crippen LogP) is 6.66. The smallest absolute Gasteiger partial charge is 0.266 e. The molecule has 0 aliphatic rings. The Kier molecular flexibility index (Phi) is 7.37. The van der Waals surface area contributed by atoms with Gasteiger partial charge in [-0.15, -0.1) is 0 Å². The van der Waals surface area contributed by atoms with Crippen molar-refractivity contribution in [1.82, 2.24) is 14.5 Å². The Morgan fingerprint density at radius 1 is 1.03 bits per heavy atom. The largest absolute Gasteiger partial charge is 0.329 e. The van der Waals surface area contributed by atoms with Crippen molar-refractivity contribution in [2.24, 2.45) is 0 Å². The molecule has 1 aromatic heterocycles. The van der Waals surface area contributed by atoms with Gasteiger partial charge in [-0.1, -0.05) is 43.1 Å². The van der Waals surface area contributed by atoms with Gasteiger partial charge in [0.1, 0.15) is 5.82 Å². The summed E-state index contributed by atoms with van der Waals surface area (Å²) in [6.07, 6.45) is 1.78. The molecule has 0 saturated heterocycles.